The van der Waals surface area contributed by atoms with Gasteiger partial charge in [0.1, 0.15) is 17.5 Å². The monoisotopic (exact) mass is 192 g/mol. The summed E-state index contributed by atoms with van der Waals surface area (Å²) in [7, 11) is 0. The van der Waals surface area contributed by atoms with E-state index in [1.165, 1.54) is 0 Å². The van der Waals surface area contributed by atoms with Crippen molar-refractivity contribution >= 4 is 11.6 Å². The summed E-state index contributed by atoms with van der Waals surface area (Å²) in [5.74, 6) is 2.00. The lowest BCUT2D eigenvalue weighted by Gasteiger charge is -2.10. The van der Waals surface area contributed by atoms with Gasteiger partial charge in [0.25, 0.3) is 0 Å². The zero-order valence-corrected chi connectivity index (χ0v) is 8.62. The third-order valence-corrected chi connectivity index (χ3v) is 1.84. The summed E-state index contributed by atoms with van der Waals surface area (Å²) in [6.45, 7) is 7.68. The van der Waals surface area contributed by atoms with Crippen LogP contribution in [0.2, 0.25) is 0 Å². The van der Waals surface area contributed by atoms with Gasteiger partial charge in [0.15, 0.2) is 0 Å². The highest BCUT2D eigenvalue weighted by Crippen LogP contribution is 2.09. The van der Waals surface area contributed by atoms with Gasteiger partial charge in [-0.1, -0.05) is 13.0 Å². The van der Waals surface area contributed by atoms with E-state index < -0.39 is 0 Å². The summed E-state index contributed by atoms with van der Waals surface area (Å²) < 4.78 is 0. The molecule has 1 aromatic heterocycles. The number of nitrogens with one attached hydrogen (secondary N) is 1. The fourth-order valence-electron chi connectivity index (χ4n) is 1.04. The SMILES string of the molecule is C=CC(C)Nc1cc(N)nc(CC)n1. The average molecular weight is 192 g/mol. The number of hydrogen-bond acceptors (Lipinski definition) is 4. The molecule has 4 nitrogen and oxygen atoms in total. The predicted molar refractivity (Wildman–Crippen MR) is 59.1 cm³/mol. The van der Waals surface area contributed by atoms with Crippen molar-refractivity contribution in [2.45, 2.75) is 26.3 Å². The molecule has 1 rings (SSSR count). The van der Waals surface area contributed by atoms with Crippen LogP contribution in [0.5, 0.6) is 0 Å². The molecule has 0 aromatic carbocycles. The Morgan fingerprint density at radius 1 is 1.64 bits per heavy atom. The van der Waals surface area contributed by atoms with Crippen molar-refractivity contribution in [3.63, 3.8) is 0 Å². The van der Waals surface area contributed by atoms with Crippen LogP contribution in [0.15, 0.2) is 18.7 Å². The minimum absolute atomic E-state index is 0.175. The largest absolute Gasteiger partial charge is 0.384 e. The molecule has 14 heavy (non-hydrogen) atoms. The molecule has 0 bridgehead atoms. The van der Waals surface area contributed by atoms with Crippen LogP contribution < -0.4 is 11.1 Å². The molecule has 0 aliphatic carbocycles. The molecule has 1 aromatic rings. The van der Waals surface area contributed by atoms with Gasteiger partial charge < -0.3 is 11.1 Å². The Hall–Kier alpha value is -1.58. The molecule has 3 N–H and O–H groups in total. The van der Waals surface area contributed by atoms with E-state index in [4.69, 9.17) is 5.73 Å². The van der Waals surface area contributed by atoms with Crippen LogP contribution in [0.3, 0.4) is 0 Å². The minimum Gasteiger partial charge on any atom is -0.384 e. The van der Waals surface area contributed by atoms with Crippen molar-refractivity contribution < 1.29 is 0 Å². The second-order valence-electron chi connectivity index (χ2n) is 3.12. The van der Waals surface area contributed by atoms with E-state index in [1.54, 1.807) is 6.07 Å². The maximum atomic E-state index is 5.64. The molecule has 4 heteroatoms. The van der Waals surface area contributed by atoms with Gasteiger partial charge in [0.05, 0.1) is 0 Å². The van der Waals surface area contributed by atoms with Gasteiger partial charge in [-0.15, -0.1) is 6.58 Å². The number of nitrogens with two attached hydrogens (primary N) is 1. The van der Waals surface area contributed by atoms with Crippen LogP contribution in [-0.4, -0.2) is 16.0 Å². The molecular formula is C10H16N4. The normalized spacial score (nSPS) is 12.1. The summed E-state index contributed by atoms with van der Waals surface area (Å²) in [4.78, 5) is 8.38. The molecule has 0 fully saturated rings. The highest BCUT2D eigenvalue weighted by atomic mass is 15.1. The summed E-state index contributed by atoms with van der Waals surface area (Å²) in [6.07, 6.45) is 2.59. The standard InChI is InChI=1S/C10H16N4/c1-4-7(3)12-10-6-8(11)13-9(5-2)14-10/h4,6-7H,1,5H2,2-3H3,(H3,11,12,13,14). The quantitative estimate of drug-likeness (QED) is 0.711. The van der Waals surface area contributed by atoms with Crippen molar-refractivity contribution in [1.82, 2.24) is 9.97 Å². The predicted octanol–water partition coefficient (Wildman–Crippen LogP) is 1.61. The van der Waals surface area contributed by atoms with Crippen LogP contribution in [0.4, 0.5) is 11.6 Å². The van der Waals surface area contributed by atoms with E-state index >= 15 is 0 Å². The van der Waals surface area contributed by atoms with E-state index in [-0.39, 0.29) is 6.04 Å². The molecule has 1 unspecified atom stereocenters. The lowest BCUT2D eigenvalue weighted by Crippen LogP contribution is -2.14. The van der Waals surface area contributed by atoms with Gasteiger partial charge in [0, 0.05) is 18.5 Å². The van der Waals surface area contributed by atoms with Gasteiger partial charge in [-0.2, -0.15) is 0 Å². The van der Waals surface area contributed by atoms with E-state index in [2.05, 4.69) is 21.9 Å². The van der Waals surface area contributed by atoms with Crippen LogP contribution in [0, 0.1) is 0 Å². The summed E-state index contributed by atoms with van der Waals surface area (Å²) in [5, 5.41) is 3.16. The van der Waals surface area contributed by atoms with E-state index in [0.29, 0.717) is 5.82 Å². The van der Waals surface area contributed by atoms with Crippen LogP contribution in [0.1, 0.15) is 19.7 Å². The molecular weight excluding hydrogens is 176 g/mol. The zero-order valence-electron chi connectivity index (χ0n) is 8.62. The van der Waals surface area contributed by atoms with Crippen LogP contribution >= 0.6 is 0 Å². The molecule has 0 spiro atoms. The smallest absolute Gasteiger partial charge is 0.132 e. The number of hydrogen-bond donors (Lipinski definition) is 2. The second kappa shape index (κ2) is 4.60. The maximum Gasteiger partial charge on any atom is 0.132 e. The summed E-state index contributed by atoms with van der Waals surface area (Å²) in [6, 6.07) is 1.90. The third kappa shape index (κ3) is 2.73. The Bertz CT molecular complexity index is 322. The molecule has 1 heterocycles. The Labute approximate surface area is 84.3 Å². The molecule has 0 aliphatic rings. The number of nitrogens with zero attached hydrogens (tertiary/aromatic N) is 2. The lowest BCUT2D eigenvalue weighted by molar-refractivity contribution is 0.918. The highest BCUT2D eigenvalue weighted by Gasteiger charge is 2.02. The van der Waals surface area contributed by atoms with E-state index in [9.17, 15) is 0 Å². The fraction of sp³-hybridized carbons (Fsp3) is 0.400. The number of aromatic nitrogens is 2. The van der Waals surface area contributed by atoms with E-state index in [1.807, 2.05) is 19.9 Å². The number of rotatable bonds is 4. The number of nitrogen functional groups attached to an aromatic ring is 1. The topological polar surface area (TPSA) is 63.8 Å². The van der Waals surface area contributed by atoms with Gasteiger partial charge in [-0.3, -0.25) is 0 Å². The van der Waals surface area contributed by atoms with Crippen molar-refractivity contribution in [3.05, 3.63) is 24.5 Å². The first kappa shape index (κ1) is 10.5. The summed E-state index contributed by atoms with van der Waals surface area (Å²) >= 11 is 0. The maximum absolute atomic E-state index is 5.64. The second-order valence-corrected chi connectivity index (χ2v) is 3.12. The average Bonchev–Trinajstić information content (AvgIpc) is 2.16. The number of aryl methyl sites for hydroxylation is 1. The molecule has 76 valence electrons. The Balaban J connectivity index is 2.86. The summed E-state index contributed by atoms with van der Waals surface area (Å²) in [5.41, 5.74) is 5.64. The third-order valence-electron chi connectivity index (χ3n) is 1.84. The minimum atomic E-state index is 0.175. The fourth-order valence-corrected chi connectivity index (χ4v) is 1.04. The van der Waals surface area contributed by atoms with Gasteiger partial charge in [-0.05, 0) is 6.92 Å². The van der Waals surface area contributed by atoms with Crippen molar-refractivity contribution in [3.8, 4) is 0 Å². The van der Waals surface area contributed by atoms with Crippen molar-refractivity contribution in [2.24, 2.45) is 0 Å². The van der Waals surface area contributed by atoms with Crippen LogP contribution in [0.25, 0.3) is 0 Å². The molecule has 0 amide bonds. The van der Waals surface area contributed by atoms with Crippen molar-refractivity contribution in [2.75, 3.05) is 11.1 Å². The Morgan fingerprint density at radius 3 is 2.93 bits per heavy atom. The first-order valence-corrected chi connectivity index (χ1v) is 4.68. The van der Waals surface area contributed by atoms with E-state index in [0.717, 1.165) is 18.1 Å². The first-order chi connectivity index (χ1) is 6.65. The van der Waals surface area contributed by atoms with Crippen molar-refractivity contribution in [1.29, 1.82) is 0 Å². The van der Waals surface area contributed by atoms with Gasteiger partial charge in [0.2, 0.25) is 0 Å². The van der Waals surface area contributed by atoms with Gasteiger partial charge in [-0.25, -0.2) is 9.97 Å². The first-order valence-electron chi connectivity index (χ1n) is 4.68. The Kier molecular flexibility index (Phi) is 3.45. The molecule has 0 saturated carbocycles. The zero-order chi connectivity index (χ0) is 10.6. The van der Waals surface area contributed by atoms with Gasteiger partial charge >= 0.3 is 0 Å². The molecule has 0 aliphatic heterocycles. The molecule has 0 radical (unpaired) electrons. The Morgan fingerprint density at radius 2 is 2.36 bits per heavy atom. The molecule has 1 atom stereocenters. The highest BCUT2D eigenvalue weighted by molar-refractivity contribution is 5.45. The molecule has 0 saturated heterocycles. The van der Waals surface area contributed by atoms with Crippen LogP contribution in [-0.2, 0) is 6.42 Å². The lowest BCUT2D eigenvalue weighted by atomic mass is 10.3. The number of anilines is 2.